The zero-order chi connectivity index (χ0) is 16.7. The van der Waals surface area contributed by atoms with Crippen molar-refractivity contribution in [1.82, 2.24) is 10.3 Å². The number of carbonyl (C=O) groups is 1. The minimum Gasteiger partial charge on any atom is -0.487 e. The number of hydrogen-bond acceptors (Lipinski definition) is 3. The van der Waals surface area contributed by atoms with Crippen molar-refractivity contribution >= 4 is 11.7 Å². The average molecular weight is 321 g/mol. The molecule has 122 valence electrons. The predicted octanol–water partition coefficient (Wildman–Crippen LogP) is 3.36. The summed E-state index contributed by atoms with van der Waals surface area (Å²) in [6.45, 7) is 1.39. The van der Waals surface area contributed by atoms with Gasteiger partial charge in [-0.3, -0.25) is 4.98 Å². The van der Waals surface area contributed by atoms with Crippen molar-refractivity contribution in [3.05, 3.63) is 53.9 Å². The molecule has 0 radical (unpaired) electrons. The van der Waals surface area contributed by atoms with E-state index in [4.69, 9.17) is 4.74 Å². The van der Waals surface area contributed by atoms with Crippen LogP contribution in [-0.2, 0) is 6.54 Å². The fourth-order valence-electron chi connectivity index (χ4n) is 1.85. The Balaban J connectivity index is 1.91. The molecule has 2 aromatic rings. The van der Waals surface area contributed by atoms with E-state index in [1.54, 1.807) is 37.5 Å². The molecule has 2 rings (SSSR count). The Morgan fingerprint density at radius 1 is 1.35 bits per heavy atom. The van der Waals surface area contributed by atoms with Crippen LogP contribution in [-0.4, -0.2) is 24.0 Å². The highest BCUT2D eigenvalue weighted by atomic mass is 19.3. The number of rotatable bonds is 6. The van der Waals surface area contributed by atoms with E-state index in [2.05, 4.69) is 15.6 Å². The Morgan fingerprint density at radius 3 is 2.87 bits per heavy atom. The van der Waals surface area contributed by atoms with Gasteiger partial charge in [0.25, 0.3) is 6.43 Å². The van der Waals surface area contributed by atoms with Crippen LogP contribution in [0, 0.1) is 6.92 Å². The highest BCUT2D eigenvalue weighted by Gasteiger charge is 2.08. The van der Waals surface area contributed by atoms with Crippen molar-refractivity contribution in [2.75, 3.05) is 11.9 Å². The maximum Gasteiger partial charge on any atom is 0.319 e. The fraction of sp³-hybridized carbons (Fsp3) is 0.250. The van der Waals surface area contributed by atoms with Gasteiger partial charge < -0.3 is 15.4 Å². The van der Waals surface area contributed by atoms with Crippen LogP contribution in [0.3, 0.4) is 0 Å². The van der Waals surface area contributed by atoms with E-state index < -0.39 is 19.1 Å². The molecule has 0 saturated carbocycles. The van der Waals surface area contributed by atoms with E-state index in [1.165, 1.54) is 6.07 Å². The summed E-state index contributed by atoms with van der Waals surface area (Å²) in [7, 11) is 0. The first-order valence-corrected chi connectivity index (χ1v) is 7.00. The maximum absolute atomic E-state index is 12.2. The number of ether oxygens (including phenoxy) is 1. The van der Waals surface area contributed by atoms with Crippen molar-refractivity contribution in [3.63, 3.8) is 0 Å². The summed E-state index contributed by atoms with van der Waals surface area (Å²) < 4.78 is 29.4. The number of pyridine rings is 1. The predicted molar refractivity (Wildman–Crippen MR) is 82.8 cm³/mol. The molecule has 7 heteroatoms. The third kappa shape index (κ3) is 5.54. The Morgan fingerprint density at radius 2 is 2.17 bits per heavy atom. The number of amides is 2. The number of benzene rings is 1. The zero-order valence-electron chi connectivity index (χ0n) is 12.6. The molecule has 23 heavy (non-hydrogen) atoms. The largest absolute Gasteiger partial charge is 0.487 e. The molecular formula is C16H17F2N3O2. The minimum absolute atomic E-state index is 0.315. The van der Waals surface area contributed by atoms with Crippen LogP contribution in [0.25, 0.3) is 0 Å². The van der Waals surface area contributed by atoms with E-state index in [0.29, 0.717) is 23.5 Å². The standard InChI is InChI=1S/C16H17F2N3O2/c1-11-4-5-13(7-14(11)23-10-15(17)18)21-16(22)20-9-12-3-2-6-19-8-12/h2-8,15H,9-10H2,1H3,(H2,20,21,22). The molecule has 0 unspecified atom stereocenters. The van der Waals surface area contributed by atoms with Crippen LogP contribution >= 0.6 is 0 Å². The highest BCUT2D eigenvalue weighted by Crippen LogP contribution is 2.23. The Kier molecular flexibility index (Phi) is 5.85. The summed E-state index contributed by atoms with van der Waals surface area (Å²) in [6.07, 6.45) is 0.757. The third-order valence-corrected chi connectivity index (χ3v) is 2.99. The molecule has 2 amide bonds. The Hall–Kier alpha value is -2.70. The monoisotopic (exact) mass is 321 g/mol. The van der Waals surface area contributed by atoms with Crippen LogP contribution < -0.4 is 15.4 Å². The molecule has 0 atom stereocenters. The van der Waals surface area contributed by atoms with Crippen molar-refractivity contribution in [3.8, 4) is 5.75 Å². The second-order valence-electron chi connectivity index (χ2n) is 4.85. The molecule has 1 aromatic heterocycles. The second kappa shape index (κ2) is 8.07. The van der Waals surface area contributed by atoms with Crippen LogP contribution in [0.2, 0.25) is 0 Å². The Labute approximate surface area is 132 Å². The fourth-order valence-corrected chi connectivity index (χ4v) is 1.85. The van der Waals surface area contributed by atoms with Gasteiger partial charge in [0, 0.05) is 30.7 Å². The molecular weight excluding hydrogens is 304 g/mol. The first-order valence-electron chi connectivity index (χ1n) is 7.00. The van der Waals surface area contributed by atoms with Gasteiger partial charge in [0.05, 0.1) is 0 Å². The zero-order valence-corrected chi connectivity index (χ0v) is 12.6. The number of aryl methyl sites for hydroxylation is 1. The van der Waals surface area contributed by atoms with Gasteiger partial charge in [-0.2, -0.15) is 0 Å². The first-order chi connectivity index (χ1) is 11.0. The minimum atomic E-state index is -2.55. The number of aromatic nitrogens is 1. The highest BCUT2D eigenvalue weighted by molar-refractivity contribution is 5.89. The summed E-state index contributed by atoms with van der Waals surface area (Å²) in [5.41, 5.74) is 2.04. The molecule has 1 heterocycles. The maximum atomic E-state index is 12.2. The quantitative estimate of drug-likeness (QED) is 0.857. The third-order valence-electron chi connectivity index (χ3n) is 2.99. The number of hydrogen-bond donors (Lipinski definition) is 2. The number of nitrogens with one attached hydrogen (secondary N) is 2. The van der Waals surface area contributed by atoms with Gasteiger partial charge in [-0.15, -0.1) is 0 Å². The van der Waals surface area contributed by atoms with Crippen molar-refractivity contribution < 1.29 is 18.3 Å². The molecule has 2 N–H and O–H groups in total. The summed E-state index contributed by atoms with van der Waals surface area (Å²) in [6, 6.07) is 8.10. The molecule has 0 aliphatic heterocycles. The number of anilines is 1. The lowest BCUT2D eigenvalue weighted by atomic mass is 10.2. The molecule has 1 aromatic carbocycles. The van der Waals surface area contributed by atoms with Crippen LogP contribution in [0.1, 0.15) is 11.1 Å². The van der Waals surface area contributed by atoms with E-state index in [1.807, 2.05) is 6.07 Å². The smallest absolute Gasteiger partial charge is 0.319 e. The van der Waals surface area contributed by atoms with E-state index >= 15 is 0 Å². The first kappa shape index (κ1) is 16.7. The molecule has 0 saturated heterocycles. The number of alkyl halides is 2. The second-order valence-corrected chi connectivity index (χ2v) is 4.85. The van der Waals surface area contributed by atoms with Gasteiger partial charge in [-0.1, -0.05) is 12.1 Å². The van der Waals surface area contributed by atoms with Crippen molar-refractivity contribution in [1.29, 1.82) is 0 Å². The van der Waals surface area contributed by atoms with Gasteiger partial charge in [0.2, 0.25) is 0 Å². The van der Waals surface area contributed by atoms with E-state index in [0.717, 1.165) is 5.56 Å². The number of carbonyl (C=O) groups excluding carboxylic acids is 1. The molecule has 0 aliphatic carbocycles. The topological polar surface area (TPSA) is 63.2 Å². The normalized spacial score (nSPS) is 10.4. The number of nitrogens with zero attached hydrogens (tertiary/aromatic N) is 1. The van der Waals surface area contributed by atoms with Gasteiger partial charge >= 0.3 is 6.03 Å². The van der Waals surface area contributed by atoms with Crippen LogP contribution in [0.15, 0.2) is 42.7 Å². The van der Waals surface area contributed by atoms with E-state index in [-0.39, 0.29) is 0 Å². The molecule has 0 bridgehead atoms. The lowest BCUT2D eigenvalue weighted by Crippen LogP contribution is -2.28. The van der Waals surface area contributed by atoms with Gasteiger partial charge in [-0.05, 0) is 30.2 Å². The van der Waals surface area contributed by atoms with Crippen molar-refractivity contribution in [2.24, 2.45) is 0 Å². The summed E-state index contributed by atoms with van der Waals surface area (Å²) in [5, 5.41) is 5.31. The van der Waals surface area contributed by atoms with Crippen LogP contribution in [0.5, 0.6) is 5.75 Å². The van der Waals surface area contributed by atoms with E-state index in [9.17, 15) is 13.6 Å². The molecule has 5 nitrogen and oxygen atoms in total. The molecule has 0 spiro atoms. The van der Waals surface area contributed by atoms with Gasteiger partial charge in [-0.25, -0.2) is 13.6 Å². The summed E-state index contributed by atoms with van der Waals surface area (Å²) in [4.78, 5) is 15.8. The summed E-state index contributed by atoms with van der Waals surface area (Å²) >= 11 is 0. The Bertz CT molecular complexity index is 651. The lowest BCUT2D eigenvalue weighted by Gasteiger charge is -2.12. The average Bonchev–Trinajstić information content (AvgIpc) is 2.54. The number of urea groups is 1. The molecule has 0 fully saturated rings. The molecule has 0 aliphatic rings. The van der Waals surface area contributed by atoms with Gasteiger partial charge in [0.15, 0.2) is 0 Å². The van der Waals surface area contributed by atoms with Crippen molar-refractivity contribution in [2.45, 2.75) is 19.9 Å². The summed E-state index contributed by atoms with van der Waals surface area (Å²) in [5.74, 6) is 0.315. The number of halogens is 2. The lowest BCUT2D eigenvalue weighted by molar-refractivity contribution is 0.0816. The van der Waals surface area contributed by atoms with Gasteiger partial charge in [0.1, 0.15) is 12.4 Å². The van der Waals surface area contributed by atoms with Crippen LogP contribution in [0.4, 0.5) is 19.3 Å². The SMILES string of the molecule is Cc1ccc(NC(=O)NCc2cccnc2)cc1OCC(F)F.